The predicted octanol–water partition coefficient (Wildman–Crippen LogP) is 3.29. The molecule has 2 bridgehead atoms. The molecule has 0 spiro atoms. The van der Waals surface area contributed by atoms with E-state index in [1.807, 2.05) is 11.8 Å². The molecule has 2 amide bonds. The van der Waals surface area contributed by atoms with E-state index in [4.69, 9.17) is 16.3 Å². The lowest BCUT2D eigenvalue weighted by molar-refractivity contribution is 0.0859. The third-order valence-corrected chi connectivity index (χ3v) is 5.10. The number of benzene rings is 1. The van der Waals surface area contributed by atoms with E-state index in [0.29, 0.717) is 30.3 Å². The molecule has 0 aromatic heterocycles. The Morgan fingerprint density at radius 3 is 2.69 bits per heavy atom. The highest BCUT2D eigenvalue weighted by atomic mass is 35.5. The van der Waals surface area contributed by atoms with Crippen LogP contribution in [0.3, 0.4) is 0 Å². The number of nitrogens with zero attached hydrogens (tertiary/aromatic N) is 2. The highest BCUT2D eigenvalue weighted by molar-refractivity contribution is 6.30. The van der Waals surface area contributed by atoms with Gasteiger partial charge in [0.2, 0.25) is 0 Å². The first-order valence-electron chi connectivity index (χ1n) is 9.09. The Morgan fingerprint density at radius 1 is 1.31 bits per heavy atom. The number of halogens is 1. The van der Waals surface area contributed by atoms with Crippen molar-refractivity contribution >= 4 is 29.3 Å². The lowest BCUT2D eigenvalue weighted by atomic mass is 10.0. The van der Waals surface area contributed by atoms with Crippen molar-refractivity contribution in [2.45, 2.75) is 44.7 Å². The van der Waals surface area contributed by atoms with E-state index < -0.39 is 0 Å². The van der Waals surface area contributed by atoms with Crippen molar-refractivity contribution in [2.24, 2.45) is 4.99 Å². The standard InChI is InChI=1S/C19H24ClN3O3/c1-2-26-19(25)23-16-6-7-17(23)12-15(11-16)21-8-9-22-18(24)13-4-3-5-14(20)10-13/h3-5,10,16-17H,2,6-9,11-12H2,1H3,(H,22,24). The summed E-state index contributed by atoms with van der Waals surface area (Å²) < 4.78 is 5.16. The van der Waals surface area contributed by atoms with Gasteiger partial charge in [0.25, 0.3) is 5.91 Å². The van der Waals surface area contributed by atoms with Gasteiger partial charge in [-0.15, -0.1) is 0 Å². The lowest BCUT2D eigenvalue weighted by Crippen LogP contribution is -2.47. The van der Waals surface area contributed by atoms with E-state index in [0.717, 1.165) is 31.4 Å². The zero-order valence-corrected chi connectivity index (χ0v) is 15.7. The number of aliphatic imine (C=N–C) groups is 1. The van der Waals surface area contributed by atoms with Crippen molar-refractivity contribution in [2.75, 3.05) is 19.7 Å². The molecular formula is C19H24ClN3O3. The van der Waals surface area contributed by atoms with Crippen LogP contribution in [0.15, 0.2) is 29.3 Å². The van der Waals surface area contributed by atoms with Gasteiger partial charge in [-0.1, -0.05) is 17.7 Å². The average Bonchev–Trinajstić information content (AvgIpc) is 2.89. The maximum Gasteiger partial charge on any atom is 0.410 e. The molecule has 0 radical (unpaired) electrons. The Morgan fingerprint density at radius 2 is 2.04 bits per heavy atom. The van der Waals surface area contributed by atoms with Crippen LogP contribution < -0.4 is 5.32 Å². The van der Waals surface area contributed by atoms with Crippen molar-refractivity contribution in [1.82, 2.24) is 10.2 Å². The number of amides is 2. The molecule has 1 aromatic rings. The monoisotopic (exact) mass is 377 g/mol. The molecule has 2 aliphatic heterocycles. The number of hydrogen-bond acceptors (Lipinski definition) is 4. The number of piperidine rings is 1. The molecular weight excluding hydrogens is 354 g/mol. The number of hydrogen-bond donors (Lipinski definition) is 1. The van der Waals surface area contributed by atoms with E-state index in [-0.39, 0.29) is 24.1 Å². The first kappa shape index (κ1) is 18.7. The van der Waals surface area contributed by atoms with Crippen molar-refractivity contribution in [3.63, 3.8) is 0 Å². The quantitative estimate of drug-likeness (QED) is 0.800. The van der Waals surface area contributed by atoms with Crippen molar-refractivity contribution in [3.05, 3.63) is 34.9 Å². The summed E-state index contributed by atoms with van der Waals surface area (Å²) in [7, 11) is 0. The summed E-state index contributed by atoms with van der Waals surface area (Å²) in [5.74, 6) is -0.148. The molecule has 26 heavy (non-hydrogen) atoms. The Labute approximate surface area is 158 Å². The van der Waals surface area contributed by atoms with Crippen LogP contribution in [0.5, 0.6) is 0 Å². The van der Waals surface area contributed by atoms with Crippen molar-refractivity contribution in [3.8, 4) is 0 Å². The number of nitrogens with one attached hydrogen (secondary N) is 1. The van der Waals surface area contributed by atoms with Crippen molar-refractivity contribution < 1.29 is 14.3 Å². The van der Waals surface area contributed by atoms with E-state index in [9.17, 15) is 9.59 Å². The van der Waals surface area contributed by atoms with Crippen LogP contribution in [-0.4, -0.2) is 54.4 Å². The maximum absolute atomic E-state index is 12.1. The summed E-state index contributed by atoms with van der Waals surface area (Å²) in [6.07, 6.45) is 3.42. The summed E-state index contributed by atoms with van der Waals surface area (Å²) in [6, 6.07) is 7.27. The minimum absolute atomic E-state index is 0.148. The molecule has 1 N–H and O–H groups in total. The highest BCUT2D eigenvalue weighted by Gasteiger charge is 2.42. The molecule has 7 heteroatoms. The molecule has 2 aliphatic rings. The first-order valence-corrected chi connectivity index (χ1v) is 9.47. The van der Waals surface area contributed by atoms with Crippen LogP contribution >= 0.6 is 11.6 Å². The molecule has 6 nitrogen and oxygen atoms in total. The summed E-state index contributed by atoms with van der Waals surface area (Å²) in [5.41, 5.74) is 1.68. The molecule has 2 fully saturated rings. The topological polar surface area (TPSA) is 71.0 Å². The Hall–Kier alpha value is -2.08. The Bertz CT molecular complexity index is 691. The van der Waals surface area contributed by atoms with Crippen molar-refractivity contribution in [1.29, 1.82) is 0 Å². The van der Waals surface area contributed by atoms with Gasteiger partial charge in [0.05, 0.1) is 13.2 Å². The van der Waals surface area contributed by atoms with Gasteiger partial charge < -0.3 is 15.0 Å². The van der Waals surface area contributed by atoms with Crippen LogP contribution in [0.2, 0.25) is 5.02 Å². The molecule has 0 saturated carbocycles. The smallest absolute Gasteiger partial charge is 0.410 e. The molecule has 1 aromatic carbocycles. The van der Waals surface area contributed by atoms with E-state index in [1.54, 1.807) is 24.3 Å². The molecule has 140 valence electrons. The maximum atomic E-state index is 12.1. The second kappa shape index (κ2) is 8.54. The molecule has 2 saturated heterocycles. The number of carbonyl (C=O) groups is 2. The van der Waals surface area contributed by atoms with Gasteiger partial charge in [0, 0.05) is 47.8 Å². The summed E-state index contributed by atoms with van der Waals surface area (Å²) in [4.78, 5) is 30.7. The van der Waals surface area contributed by atoms with Gasteiger partial charge in [0.1, 0.15) is 0 Å². The van der Waals surface area contributed by atoms with Crippen LogP contribution in [0, 0.1) is 0 Å². The number of fused-ring (bicyclic) bond motifs is 2. The largest absolute Gasteiger partial charge is 0.450 e. The zero-order valence-electron chi connectivity index (χ0n) is 14.9. The van der Waals surface area contributed by atoms with Gasteiger partial charge in [-0.25, -0.2) is 4.79 Å². The van der Waals surface area contributed by atoms with Gasteiger partial charge in [-0.3, -0.25) is 9.79 Å². The van der Waals surface area contributed by atoms with E-state index in [1.165, 1.54) is 0 Å². The number of carbonyl (C=O) groups excluding carboxylic acids is 2. The SMILES string of the molecule is CCOC(=O)N1C2CCC1CC(=NCCNC(=O)c1cccc(Cl)c1)C2. The Kier molecular flexibility index (Phi) is 6.14. The third kappa shape index (κ3) is 4.36. The second-order valence-electron chi connectivity index (χ2n) is 6.61. The van der Waals surface area contributed by atoms with Crippen LogP contribution in [-0.2, 0) is 4.74 Å². The summed E-state index contributed by atoms with van der Waals surface area (Å²) >= 11 is 5.90. The fraction of sp³-hybridized carbons (Fsp3) is 0.526. The normalized spacial score (nSPS) is 21.5. The number of rotatable bonds is 5. The van der Waals surface area contributed by atoms with Crippen LogP contribution in [0.1, 0.15) is 43.0 Å². The molecule has 3 rings (SSSR count). The molecule has 2 atom stereocenters. The zero-order chi connectivity index (χ0) is 18.5. The summed E-state index contributed by atoms with van der Waals surface area (Å²) in [5, 5.41) is 3.40. The molecule has 2 heterocycles. The number of ether oxygens (including phenoxy) is 1. The van der Waals surface area contributed by atoms with Gasteiger partial charge in [-0.05, 0) is 38.0 Å². The minimum atomic E-state index is -0.201. The minimum Gasteiger partial charge on any atom is -0.450 e. The molecule has 0 aliphatic carbocycles. The fourth-order valence-corrected chi connectivity index (χ4v) is 3.92. The molecule has 2 unspecified atom stereocenters. The van der Waals surface area contributed by atoms with Crippen LogP contribution in [0.4, 0.5) is 4.79 Å². The van der Waals surface area contributed by atoms with E-state index >= 15 is 0 Å². The van der Waals surface area contributed by atoms with Crippen LogP contribution in [0.25, 0.3) is 0 Å². The lowest BCUT2D eigenvalue weighted by Gasteiger charge is -2.34. The van der Waals surface area contributed by atoms with E-state index in [2.05, 4.69) is 10.3 Å². The summed E-state index contributed by atoms with van der Waals surface area (Å²) in [6.45, 7) is 3.25. The predicted molar refractivity (Wildman–Crippen MR) is 101 cm³/mol. The first-order chi connectivity index (χ1) is 12.6. The second-order valence-corrected chi connectivity index (χ2v) is 7.05. The van der Waals surface area contributed by atoms with Gasteiger partial charge >= 0.3 is 6.09 Å². The average molecular weight is 378 g/mol. The van der Waals surface area contributed by atoms with Gasteiger partial charge in [0.15, 0.2) is 0 Å². The third-order valence-electron chi connectivity index (χ3n) is 4.86. The Balaban J connectivity index is 1.47. The fourth-order valence-electron chi connectivity index (χ4n) is 3.73. The highest BCUT2D eigenvalue weighted by Crippen LogP contribution is 2.34. The van der Waals surface area contributed by atoms with Gasteiger partial charge in [-0.2, -0.15) is 0 Å².